The van der Waals surface area contributed by atoms with Crippen molar-refractivity contribution in [1.82, 2.24) is 9.88 Å². The summed E-state index contributed by atoms with van der Waals surface area (Å²) in [5.41, 5.74) is 0.834. The molecule has 0 fully saturated rings. The van der Waals surface area contributed by atoms with Gasteiger partial charge in [-0.15, -0.1) is 0 Å². The van der Waals surface area contributed by atoms with Gasteiger partial charge in [-0.05, 0) is 38.5 Å². The molecule has 26 heavy (non-hydrogen) atoms. The summed E-state index contributed by atoms with van der Waals surface area (Å²) < 4.78 is 24.1. The fourth-order valence-corrected chi connectivity index (χ4v) is 2.68. The second-order valence-corrected chi connectivity index (χ2v) is 7.28. The van der Waals surface area contributed by atoms with E-state index >= 15 is 0 Å². The minimum atomic E-state index is -0.548. The largest absolute Gasteiger partial charge is 0.497 e. The van der Waals surface area contributed by atoms with Crippen LogP contribution in [0, 0.1) is 5.82 Å². The summed E-state index contributed by atoms with van der Waals surface area (Å²) in [6.45, 7) is 6.11. The van der Waals surface area contributed by atoms with Crippen LogP contribution in [0.15, 0.2) is 36.5 Å². The van der Waals surface area contributed by atoms with Gasteiger partial charge in [0.2, 0.25) is 5.88 Å². The van der Waals surface area contributed by atoms with Gasteiger partial charge < -0.3 is 9.47 Å². The van der Waals surface area contributed by atoms with Crippen molar-refractivity contribution in [2.24, 2.45) is 0 Å². The lowest BCUT2D eigenvalue weighted by atomic mass is 10.1. The Morgan fingerprint density at radius 1 is 1.27 bits per heavy atom. The zero-order valence-corrected chi connectivity index (χ0v) is 16.8. The van der Waals surface area contributed by atoms with E-state index in [0.29, 0.717) is 17.4 Å². The molecule has 0 bridgehead atoms. The van der Waals surface area contributed by atoms with Crippen LogP contribution in [0.1, 0.15) is 31.9 Å². The van der Waals surface area contributed by atoms with E-state index in [1.165, 1.54) is 6.07 Å². The molecule has 1 amide bonds. The highest BCUT2D eigenvalue weighted by Gasteiger charge is 2.28. The number of methoxy groups -OCH3 is 1. The van der Waals surface area contributed by atoms with Crippen LogP contribution in [0.3, 0.4) is 0 Å². The Balaban J connectivity index is 2.19. The number of carbonyl (C=O) groups is 1. The number of aromatic nitrogens is 1. The number of hydrogen-bond donors (Lipinski definition) is 0. The maximum absolute atomic E-state index is 13.6. The van der Waals surface area contributed by atoms with E-state index < -0.39 is 17.4 Å². The highest BCUT2D eigenvalue weighted by Crippen LogP contribution is 2.22. The van der Waals surface area contributed by atoms with Gasteiger partial charge in [-0.3, -0.25) is 4.90 Å². The number of hydrogen-bond acceptors (Lipinski definition) is 4. The van der Waals surface area contributed by atoms with Crippen LogP contribution in [-0.4, -0.2) is 28.6 Å². The number of carbonyl (C=O) groups excluding carboxylic acids is 1. The second kappa shape index (κ2) is 8.49. The summed E-state index contributed by atoms with van der Waals surface area (Å²) in [4.78, 5) is 18.1. The molecule has 1 aromatic heterocycles. The Morgan fingerprint density at radius 2 is 1.92 bits per heavy atom. The SMILES string of the molecule is COc1ccc(CN(C(=O)Oc2cc(CBr)c(F)cn2)C(C)(C)C)cc1. The Bertz CT molecular complexity index is 760. The first-order valence-electron chi connectivity index (χ1n) is 8.07. The molecule has 0 aliphatic heterocycles. The van der Waals surface area contributed by atoms with Crippen molar-refractivity contribution >= 4 is 22.0 Å². The fourth-order valence-electron chi connectivity index (χ4n) is 2.25. The standard InChI is InChI=1S/C19H22BrFN2O3/c1-19(2,3)23(12-13-5-7-15(25-4)8-6-13)18(24)26-17-9-14(10-20)16(21)11-22-17/h5-9,11H,10,12H2,1-4H3. The molecule has 0 aliphatic rings. The van der Waals surface area contributed by atoms with Crippen LogP contribution in [0.25, 0.3) is 0 Å². The minimum Gasteiger partial charge on any atom is -0.497 e. The van der Waals surface area contributed by atoms with Crippen LogP contribution < -0.4 is 9.47 Å². The molecule has 0 N–H and O–H groups in total. The lowest BCUT2D eigenvalue weighted by Gasteiger charge is -2.34. The third kappa shape index (κ3) is 5.17. The molecule has 0 unspecified atom stereocenters. The first-order valence-corrected chi connectivity index (χ1v) is 9.19. The van der Waals surface area contributed by atoms with Crippen molar-refractivity contribution in [3.63, 3.8) is 0 Å². The maximum atomic E-state index is 13.6. The van der Waals surface area contributed by atoms with Gasteiger partial charge in [0.1, 0.15) is 11.6 Å². The Morgan fingerprint density at radius 3 is 2.46 bits per heavy atom. The highest BCUT2D eigenvalue weighted by molar-refractivity contribution is 9.08. The van der Waals surface area contributed by atoms with E-state index in [4.69, 9.17) is 9.47 Å². The number of amides is 1. The summed E-state index contributed by atoms with van der Waals surface area (Å²) >= 11 is 3.20. The zero-order chi connectivity index (χ0) is 19.3. The van der Waals surface area contributed by atoms with E-state index in [1.54, 1.807) is 12.0 Å². The molecule has 2 aromatic rings. The number of benzene rings is 1. The van der Waals surface area contributed by atoms with Gasteiger partial charge in [-0.2, -0.15) is 0 Å². The monoisotopic (exact) mass is 424 g/mol. The van der Waals surface area contributed by atoms with E-state index in [2.05, 4.69) is 20.9 Å². The molecule has 1 aromatic carbocycles. The highest BCUT2D eigenvalue weighted by atomic mass is 79.9. The smallest absolute Gasteiger partial charge is 0.417 e. The number of nitrogens with zero attached hydrogens (tertiary/aromatic N) is 2. The van der Waals surface area contributed by atoms with Crippen molar-refractivity contribution < 1.29 is 18.7 Å². The predicted octanol–water partition coefficient (Wildman–Crippen LogP) is 4.92. The molecule has 0 saturated heterocycles. The van der Waals surface area contributed by atoms with Crippen LogP contribution >= 0.6 is 15.9 Å². The van der Waals surface area contributed by atoms with Crippen molar-refractivity contribution in [2.45, 2.75) is 38.2 Å². The molecule has 0 radical (unpaired) electrons. The Kier molecular flexibility index (Phi) is 6.58. The predicted molar refractivity (Wildman–Crippen MR) is 101 cm³/mol. The van der Waals surface area contributed by atoms with Crippen molar-refractivity contribution in [1.29, 1.82) is 0 Å². The topological polar surface area (TPSA) is 51.7 Å². The average Bonchev–Trinajstić information content (AvgIpc) is 2.60. The van der Waals surface area contributed by atoms with Crippen LogP contribution in [-0.2, 0) is 11.9 Å². The number of ether oxygens (including phenoxy) is 2. The molecular weight excluding hydrogens is 403 g/mol. The molecule has 0 saturated carbocycles. The Labute approximate surface area is 161 Å². The summed E-state index contributed by atoms with van der Waals surface area (Å²) in [5, 5.41) is 0.306. The van der Waals surface area contributed by atoms with E-state index in [9.17, 15) is 9.18 Å². The van der Waals surface area contributed by atoms with Gasteiger partial charge in [0.05, 0.1) is 13.3 Å². The lowest BCUT2D eigenvalue weighted by Crippen LogP contribution is -2.46. The second-order valence-electron chi connectivity index (χ2n) is 6.72. The molecule has 5 nitrogen and oxygen atoms in total. The van der Waals surface area contributed by atoms with E-state index in [-0.39, 0.29) is 5.88 Å². The van der Waals surface area contributed by atoms with Gasteiger partial charge in [0.15, 0.2) is 0 Å². The van der Waals surface area contributed by atoms with Crippen molar-refractivity contribution in [3.05, 3.63) is 53.5 Å². The normalized spacial score (nSPS) is 11.2. The summed E-state index contributed by atoms with van der Waals surface area (Å²) in [7, 11) is 1.60. The van der Waals surface area contributed by atoms with Gasteiger partial charge in [0, 0.05) is 29.0 Å². The Hall–Kier alpha value is -2.15. The van der Waals surface area contributed by atoms with E-state index in [0.717, 1.165) is 17.5 Å². The average molecular weight is 425 g/mol. The summed E-state index contributed by atoms with van der Waals surface area (Å²) in [5.74, 6) is 0.360. The molecular formula is C19H22BrFN2O3. The third-order valence-electron chi connectivity index (χ3n) is 3.78. The lowest BCUT2D eigenvalue weighted by molar-refractivity contribution is 0.100. The van der Waals surface area contributed by atoms with Crippen molar-refractivity contribution in [2.75, 3.05) is 7.11 Å². The number of pyridine rings is 1. The number of rotatable bonds is 5. The molecule has 2 rings (SSSR count). The van der Waals surface area contributed by atoms with Crippen LogP contribution in [0.2, 0.25) is 0 Å². The summed E-state index contributed by atoms with van der Waals surface area (Å²) in [6.07, 6.45) is 0.498. The maximum Gasteiger partial charge on any atom is 0.417 e. The fraction of sp³-hybridized carbons (Fsp3) is 0.368. The van der Waals surface area contributed by atoms with Crippen LogP contribution in [0.5, 0.6) is 11.6 Å². The molecule has 0 atom stereocenters. The molecule has 0 spiro atoms. The molecule has 1 heterocycles. The van der Waals surface area contributed by atoms with Crippen molar-refractivity contribution in [3.8, 4) is 11.6 Å². The number of alkyl halides is 1. The van der Waals surface area contributed by atoms with Gasteiger partial charge >= 0.3 is 6.09 Å². The summed E-state index contributed by atoms with van der Waals surface area (Å²) in [6, 6.07) is 8.88. The third-order valence-corrected chi connectivity index (χ3v) is 4.38. The molecule has 0 aliphatic carbocycles. The molecule has 140 valence electrons. The van der Waals surface area contributed by atoms with Gasteiger partial charge in [-0.25, -0.2) is 14.2 Å². The minimum absolute atomic E-state index is 0.0647. The quantitative estimate of drug-likeness (QED) is 0.638. The van der Waals surface area contributed by atoms with E-state index in [1.807, 2.05) is 45.0 Å². The zero-order valence-electron chi connectivity index (χ0n) is 15.3. The first kappa shape index (κ1) is 20.2. The molecule has 7 heteroatoms. The van der Waals surface area contributed by atoms with Gasteiger partial charge in [-0.1, -0.05) is 28.1 Å². The first-order chi connectivity index (χ1) is 12.2. The van der Waals surface area contributed by atoms with Gasteiger partial charge in [0.25, 0.3) is 0 Å². The van der Waals surface area contributed by atoms with Crippen LogP contribution in [0.4, 0.5) is 9.18 Å². The number of halogens is 2.